The molecule has 0 aliphatic carbocycles. The van der Waals surface area contributed by atoms with Gasteiger partial charge in [-0.3, -0.25) is 4.90 Å². The maximum atomic E-state index is 13.2. The van der Waals surface area contributed by atoms with Crippen molar-refractivity contribution < 1.29 is 9.13 Å². The fourth-order valence-electron chi connectivity index (χ4n) is 2.93. The summed E-state index contributed by atoms with van der Waals surface area (Å²) in [5, 5.41) is 0.231. The number of likely N-dealkylation sites (tertiary alicyclic amines) is 1. The number of ether oxygens (including phenoxy) is 1. The Bertz CT molecular complexity index is 467. The standard InChI is InChI=1S/C15H19ClFNO/c1-10-4-5-18(9-14(10)16)8-13-7-11-6-12(17)2-3-15(11)19-13/h2-3,6,10,13-14H,4-5,7-9H2,1H3. The molecule has 0 saturated carbocycles. The van der Waals surface area contributed by atoms with Crippen LogP contribution < -0.4 is 4.74 Å². The number of alkyl halides is 1. The van der Waals surface area contributed by atoms with Crippen LogP contribution in [0.4, 0.5) is 4.39 Å². The molecule has 0 radical (unpaired) electrons. The number of piperidine rings is 1. The molecular formula is C15H19ClFNO. The second-order valence-corrected chi connectivity index (χ2v) is 6.30. The molecule has 2 nitrogen and oxygen atoms in total. The molecule has 2 heterocycles. The highest BCUT2D eigenvalue weighted by Gasteiger charge is 2.29. The van der Waals surface area contributed by atoms with Gasteiger partial charge in [-0.2, -0.15) is 0 Å². The van der Waals surface area contributed by atoms with E-state index in [4.69, 9.17) is 16.3 Å². The first-order chi connectivity index (χ1) is 9.11. The van der Waals surface area contributed by atoms with Gasteiger partial charge in [0.1, 0.15) is 17.7 Å². The second-order valence-electron chi connectivity index (χ2n) is 5.74. The average molecular weight is 284 g/mol. The summed E-state index contributed by atoms with van der Waals surface area (Å²) in [7, 11) is 0. The number of rotatable bonds is 2. The lowest BCUT2D eigenvalue weighted by Gasteiger charge is -2.35. The van der Waals surface area contributed by atoms with Crippen molar-refractivity contribution >= 4 is 11.6 Å². The number of fused-ring (bicyclic) bond motifs is 1. The van der Waals surface area contributed by atoms with Crippen molar-refractivity contribution in [2.24, 2.45) is 5.92 Å². The van der Waals surface area contributed by atoms with Gasteiger partial charge in [-0.1, -0.05) is 6.92 Å². The van der Waals surface area contributed by atoms with Gasteiger partial charge >= 0.3 is 0 Å². The minimum Gasteiger partial charge on any atom is -0.488 e. The minimum atomic E-state index is -0.185. The Kier molecular flexibility index (Phi) is 3.68. The first kappa shape index (κ1) is 13.2. The zero-order valence-corrected chi connectivity index (χ0v) is 11.9. The van der Waals surface area contributed by atoms with Gasteiger partial charge in [-0.05, 0) is 37.1 Å². The first-order valence-corrected chi connectivity index (χ1v) is 7.37. The molecule has 1 aromatic rings. The zero-order chi connectivity index (χ0) is 13.4. The van der Waals surface area contributed by atoms with Gasteiger partial charge in [0.05, 0.1) is 0 Å². The van der Waals surface area contributed by atoms with E-state index in [1.54, 1.807) is 12.1 Å². The topological polar surface area (TPSA) is 12.5 Å². The second kappa shape index (κ2) is 5.29. The van der Waals surface area contributed by atoms with E-state index >= 15 is 0 Å². The van der Waals surface area contributed by atoms with Crippen LogP contribution in [0.2, 0.25) is 0 Å². The Morgan fingerprint density at radius 2 is 2.32 bits per heavy atom. The van der Waals surface area contributed by atoms with E-state index in [1.165, 1.54) is 6.07 Å². The third-order valence-corrected chi connectivity index (χ3v) is 4.74. The van der Waals surface area contributed by atoms with Crippen molar-refractivity contribution in [3.05, 3.63) is 29.6 Å². The number of benzene rings is 1. The van der Waals surface area contributed by atoms with Crippen molar-refractivity contribution in [1.82, 2.24) is 4.90 Å². The molecule has 0 N–H and O–H groups in total. The van der Waals surface area contributed by atoms with Crippen LogP contribution in [0.1, 0.15) is 18.9 Å². The number of hydrogen-bond donors (Lipinski definition) is 0. The molecule has 1 saturated heterocycles. The normalized spacial score (nSPS) is 31.0. The quantitative estimate of drug-likeness (QED) is 0.774. The van der Waals surface area contributed by atoms with E-state index in [2.05, 4.69) is 11.8 Å². The van der Waals surface area contributed by atoms with Gasteiger partial charge in [0, 0.05) is 30.5 Å². The molecule has 3 rings (SSSR count). The van der Waals surface area contributed by atoms with Crippen LogP contribution in [0.3, 0.4) is 0 Å². The number of halogens is 2. The van der Waals surface area contributed by atoms with Gasteiger partial charge in [0.15, 0.2) is 0 Å². The Hall–Kier alpha value is -0.800. The lowest BCUT2D eigenvalue weighted by Crippen LogP contribution is -2.44. The summed E-state index contributed by atoms with van der Waals surface area (Å²) in [6, 6.07) is 4.77. The Balaban J connectivity index is 1.59. The molecule has 2 aliphatic rings. The molecule has 0 spiro atoms. The number of hydrogen-bond acceptors (Lipinski definition) is 2. The highest BCUT2D eigenvalue weighted by atomic mass is 35.5. The summed E-state index contributed by atoms with van der Waals surface area (Å²) in [4.78, 5) is 2.37. The van der Waals surface area contributed by atoms with Crippen molar-refractivity contribution in [1.29, 1.82) is 0 Å². The van der Waals surface area contributed by atoms with Crippen molar-refractivity contribution in [3.8, 4) is 5.75 Å². The van der Waals surface area contributed by atoms with Crippen molar-refractivity contribution in [2.45, 2.75) is 31.2 Å². The van der Waals surface area contributed by atoms with Crippen LogP contribution in [-0.2, 0) is 6.42 Å². The van der Waals surface area contributed by atoms with E-state index in [0.29, 0.717) is 5.92 Å². The smallest absolute Gasteiger partial charge is 0.123 e. The zero-order valence-electron chi connectivity index (χ0n) is 11.1. The molecule has 2 aliphatic heterocycles. The summed E-state index contributed by atoms with van der Waals surface area (Å²) >= 11 is 6.33. The largest absolute Gasteiger partial charge is 0.488 e. The van der Waals surface area contributed by atoms with Crippen LogP contribution >= 0.6 is 11.6 Å². The van der Waals surface area contributed by atoms with E-state index < -0.39 is 0 Å². The predicted molar refractivity (Wildman–Crippen MR) is 74.4 cm³/mol. The average Bonchev–Trinajstić information content (AvgIpc) is 2.75. The summed E-state index contributed by atoms with van der Waals surface area (Å²) in [6.45, 7) is 5.09. The van der Waals surface area contributed by atoms with Crippen LogP contribution in [-0.4, -0.2) is 36.0 Å². The molecule has 1 fully saturated rings. The number of nitrogens with zero attached hydrogens (tertiary/aromatic N) is 1. The summed E-state index contributed by atoms with van der Waals surface area (Å²) in [5.41, 5.74) is 0.984. The molecule has 19 heavy (non-hydrogen) atoms. The molecule has 3 atom stereocenters. The predicted octanol–water partition coefficient (Wildman–Crippen LogP) is 3.08. The van der Waals surface area contributed by atoms with Crippen LogP contribution in [0.15, 0.2) is 18.2 Å². The van der Waals surface area contributed by atoms with Gasteiger partial charge in [0.25, 0.3) is 0 Å². The fraction of sp³-hybridized carbons (Fsp3) is 0.600. The van der Waals surface area contributed by atoms with Gasteiger partial charge in [0.2, 0.25) is 0 Å². The summed E-state index contributed by atoms with van der Waals surface area (Å²) in [6.07, 6.45) is 2.07. The molecule has 104 valence electrons. The van der Waals surface area contributed by atoms with E-state index in [1.807, 2.05) is 0 Å². The SMILES string of the molecule is CC1CCN(CC2Cc3cc(F)ccc3O2)CC1Cl. The molecule has 0 aromatic heterocycles. The third kappa shape index (κ3) is 2.87. The third-order valence-electron chi connectivity index (χ3n) is 4.18. The maximum Gasteiger partial charge on any atom is 0.123 e. The fourth-order valence-corrected chi connectivity index (χ4v) is 3.25. The molecule has 4 heteroatoms. The van der Waals surface area contributed by atoms with Crippen LogP contribution in [0.25, 0.3) is 0 Å². The van der Waals surface area contributed by atoms with Crippen LogP contribution in [0, 0.1) is 11.7 Å². The monoisotopic (exact) mass is 283 g/mol. The van der Waals surface area contributed by atoms with Crippen LogP contribution in [0.5, 0.6) is 5.75 Å². The van der Waals surface area contributed by atoms with E-state index in [-0.39, 0.29) is 17.3 Å². The summed E-state index contributed by atoms with van der Waals surface area (Å²) in [5.74, 6) is 1.24. The summed E-state index contributed by atoms with van der Waals surface area (Å²) < 4.78 is 19.0. The van der Waals surface area contributed by atoms with Gasteiger partial charge in [-0.25, -0.2) is 4.39 Å². The first-order valence-electron chi connectivity index (χ1n) is 6.93. The highest BCUT2D eigenvalue weighted by molar-refractivity contribution is 6.21. The molecular weight excluding hydrogens is 265 g/mol. The van der Waals surface area contributed by atoms with Crippen molar-refractivity contribution in [2.75, 3.05) is 19.6 Å². The molecule has 3 unspecified atom stereocenters. The van der Waals surface area contributed by atoms with Crippen molar-refractivity contribution in [3.63, 3.8) is 0 Å². The van der Waals surface area contributed by atoms with E-state index in [9.17, 15) is 4.39 Å². The Morgan fingerprint density at radius 3 is 3.11 bits per heavy atom. The lowest BCUT2D eigenvalue weighted by molar-refractivity contribution is 0.122. The Morgan fingerprint density at radius 1 is 1.47 bits per heavy atom. The van der Waals surface area contributed by atoms with Gasteiger partial charge in [-0.15, -0.1) is 11.6 Å². The highest BCUT2D eigenvalue weighted by Crippen LogP contribution is 2.30. The minimum absolute atomic E-state index is 0.133. The molecule has 0 amide bonds. The molecule has 1 aromatic carbocycles. The van der Waals surface area contributed by atoms with Gasteiger partial charge < -0.3 is 4.74 Å². The lowest BCUT2D eigenvalue weighted by atomic mass is 9.98. The Labute approximate surface area is 118 Å². The molecule has 0 bridgehead atoms. The van der Waals surface area contributed by atoms with E-state index in [0.717, 1.165) is 43.8 Å². The maximum absolute atomic E-state index is 13.2.